The molecular formula is C34H51N5O6S2. The van der Waals surface area contributed by atoms with Crippen molar-refractivity contribution in [2.24, 2.45) is 17.3 Å². The standard InChI is InChI=1S/C34H51N5O6S2/c1-20(2)13-24(14-30-35-22(5)18-46-30)36-31(42)25-19-47-32(37-25)29(45-23(6)40)15-26(21(3)4)39(8)33(43)34(9-10-34)16-28(41)27-17-44-12-11-38(27)7/h18-21,24,26-27,29H,9-17H2,1-8H3,(H,36,42)/t24-,26-,27-,29-/m1/s1. The summed E-state index contributed by atoms with van der Waals surface area (Å²) >= 11 is 2.86. The van der Waals surface area contributed by atoms with Gasteiger partial charge in [-0.15, -0.1) is 22.7 Å². The van der Waals surface area contributed by atoms with Crippen LogP contribution in [0, 0.1) is 24.2 Å². The normalized spacial score (nSPS) is 19.7. The Morgan fingerprint density at radius 3 is 2.43 bits per heavy atom. The predicted molar refractivity (Wildman–Crippen MR) is 182 cm³/mol. The molecule has 13 heteroatoms. The van der Waals surface area contributed by atoms with Crippen molar-refractivity contribution in [1.29, 1.82) is 0 Å². The molecule has 1 aliphatic heterocycles. The summed E-state index contributed by atoms with van der Waals surface area (Å²) in [6, 6.07) is -0.722. The fraction of sp³-hybridized carbons (Fsp3) is 0.706. The lowest BCUT2D eigenvalue weighted by Crippen LogP contribution is -2.50. The van der Waals surface area contributed by atoms with E-state index in [1.54, 1.807) is 28.7 Å². The maximum absolute atomic E-state index is 14.0. The SMILES string of the molecule is CC(=O)O[C@H](C[C@H](C(C)C)N(C)C(=O)C1(CC(=O)[C@H]2COCCN2C)CC1)c1nc(C(=O)N[C@@H](Cc2nc(C)cs2)CC(C)C)cs1. The number of ether oxygens (including phenoxy) is 2. The van der Waals surface area contributed by atoms with Crippen molar-refractivity contribution in [1.82, 2.24) is 25.1 Å². The smallest absolute Gasteiger partial charge is 0.303 e. The topological polar surface area (TPSA) is 131 Å². The van der Waals surface area contributed by atoms with E-state index < -0.39 is 17.5 Å². The van der Waals surface area contributed by atoms with Crippen molar-refractivity contribution in [3.8, 4) is 0 Å². The molecule has 1 aliphatic carbocycles. The molecule has 11 nitrogen and oxygen atoms in total. The van der Waals surface area contributed by atoms with Crippen LogP contribution in [0.3, 0.4) is 0 Å². The quantitative estimate of drug-likeness (QED) is 0.246. The van der Waals surface area contributed by atoms with E-state index >= 15 is 0 Å². The van der Waals surface area contributed by atoms with Gasteiger partial charge in [-0.05, 0) is 45.1 Å². The third-order valence-corrected chi connectivity index (χ3v) is 11.1. The Balaban J connectivity index is 1.46. The molecule has 4 atom stereocenters. The second-order valence-corrected chi connectivity index (χ2v) is 15.8. The minimum Gasteiger partial charge on any atom is -0.455 e. The van der Waals surface area contributed by atoms with Crippen LogP contribution in [0.5, 0.6) is 0 Å². The molecule has 0 radical (unpaired) electrons. The van der Waals surface area contributed by atoms with Crippen LogP contribution in [0.15, 0.2) is 10.8 Å². The second-order valence-electron chi connectivity index (χ2n) is 14.0. The fourth-order valence-electron chi connectivity index (χ4n) is 6.38. The number of carbonyl (C=O) groups excluding carboxylic acids is 4. The number of amides is 2. The van der Waals surface area contributed by atoms with Crippen molar-refractivity contribution in [3.63, 3.8) is 0 Å². The zero-order valence-corrected chi connectivity index (χ0v) is 30.7. The van der Waals surface area contributed by atoms with E-state index in [9.17, 15) is 19.2 Å². The number of hydrogen-bond donors (Lipinski definition) is 1. The first-order valence-electron chi connectivity index (χ1n) is 16.6. The molecule has 0 bridgehead atoms. The number of nitrogens with zero attached hydrogens (tertiary/aromatic N) is 4. The summed E-state index contributed by atoms with van der Waals surface area (Å²) in [6.45, 7) is 13.2. The van der Waals surface area contributed by atoms with E-state index in [0.29, 0.717) is 56.4 Å². The van der Waals surface area contributed by atoms with Gasteiger partial charge in [0.25, 0.3) is 5.91 Å². The number of likely N-dealkylation sites (N-methyl/N-ethyl adjacent to an activating group) is 1. The van der Waals surface area contributed by atoms with Crippen molar-refractivity contribution in [2.45, 2.75) is 104 Å². The van der Waals surface area contributed by atoms with Crippen molar-refractivity contribution in [2.75, 3.05) is 33.9 Å². The van der Waals surface area contributed by atoms with Gasteiger partial charge in [0.05, 0.1) is 29.7 Å². The molecule has 47 heavy (non-hydrogen) atoms. The Labute approximate surface area is 286 Å². The average Bonchev–Trinajstić information content (AvgIpc) is 3.38. The van der Waals surface area contributed by atoms with Gasteiger partial charge in [-0.1, -0.05) is 27.7 Å². The summed E-state index contributed by atoms with van der Waals surface area (Å²) in [5, 5.41) is 8.33. The highest BCUT2D eigenvalue weighted by molar-refractivity contribution is 7.10. The van der Waals surface area contributed by atoms with Gasteiger partial charge < -0.3 is 19.7 Å². The molecule has 2 aromatic rings. The molecule has 0 aromatic carbocycles. The Morgan fingerprint density at radius 1 is 1.13 bits per heavy atom. The van der Waals surface area contributed by atoms with Gasteiger partial charge in [0.15, 0.2) is 11.9 Å². The van der Waals surface area contributed by atoms with E-state index in [-0.39, 0.29) is 53.8 Å². The molecule has 260 valence electrons. The van der Waals surface area contributed by atoms with Crippen LogP contribution in [0.25, 0.3) is 0 Å². The van der Waals surface area contributed by atoms with Crippen LogP contribution >= 0.6 is 22.7 Å². The molecular weight excluding hydrogens is 639 g/mol. The number of rotatable bonds is 16. The number of aryl methyl sites for hydroxylation is 1. The summed E-state index contributed by atoms with van der Waals surface area (Å²) in [4.78, 5) is 65.8. The van der Waals surface area contributed by atoms with E-state index in [0.717, 1.165) is 17.1 Å². The Morgan fingerprint density at radius 2 is 1.85 bits per heavy atom. The van der Waals surface area contributed by atoms with Crippen molar-refractivity contribution in [3.05, 3.63) is 32.2 Å². The summed E-state index contributed by atoms with van der Waals surface area (Å²) in [7, 11) is 3.70. The number of nitrogens with one attached hydrogen (secondary N) is 1. The minimum atomic E-state index is -0.740. The first kappa shape index (κ1) is 37.1. The molecule has 2 aromatic heterocycles. The van der Waals surface area contributed by atoms with Crippen LogP contribution in [0.1, 0.15) is 99.0 Å². The number of morpholine rings is 1. The summed E-state index contributed by atoms with van der Waals surface area (Å²) < 4.78 is 11.3. The van der Waals surface area contributed by atoms with Crippen LogP contribution in [-0.2, 0) is 30.3 Å². The Bertz CT molecular complexity index is 1400. The highest BCUT2D eigenvalue weighted by Gasteiger charge is 2.54. The van der Waals surface area contributed by atoms with Crippen LogP contribution < -0.4 is 5.32 Å². The van der Waals surface area contributed by atoms with Gasteiger partial charge in [-0.25, -0.2) is 9.97 Å². The number of esters is 1. The second kappa shape index (κ2) is 16.1. The van der Waals surface area contributed by atoms with E-state index in [1.165, 1.54) is 18.3 Å². The molecule has 1 saturated carbocycles. The maximum Gasteiger partial charge on any atom is 0.303 e. The zero-order valence-electron chi connectivity index (χ0n) is 29.0. The number of thiazole rings is 2. The van der Waals surface area contributed by atoms with E-state index in [2.05, 4.69) is 29.1 Å². The molecule has 3 heterocycles. The fourth-order valence-corrected chi connectivity index (χ4v) is 8.08. The summed E-state index contributed by atoms with van der Waals surface area (Å²) in [6.07, 6.45) is 2.55. The lowest BCUT2D eigenvalue weighted by Gasteiger charge is -2.36. The first-order chi connectivity index (χ1) is 22.2. The van der Waals surface area contributed by atoms with Gasteiger partial charge in [0, 0.05) is 68.3 Å². The van der Waals surface area contributed by atoms with Crippen LogP contribution in [0.2, 0.25) is 0 Å². The molecule has 1 saturated heterocycles. The van der Waals surface area contributed by atoms with Crippen LogP contribution in [0.4, 0.5) is 0 Å². The van der Waals surface area contributed by atoms with Crippen molar-refractivity contribution < 1.29 is 28.7 Å². The molecule has 0 unspecified atom stereocenters. The molecule has 1 N–H and O–H groups in total. The monoisotopic (exact) mass is 689 g/mol. The zero-order chi connectivity index (χ0) is 34.5. The molecule has 2 fully saturated rings. The average molecular weight is 690 g/mol. The lowest BCUT2D eigenvalue weighted by atomic mass is 9.90. The first-order valence-corrected chi connectivity index (χ1v) is 18.4. The number of hydrogen-bond acceptors (Lipinski definition) is 11. The van der Waals surface area contributed by atoms with Gasteiger partial charge in [-0.3, -0.25) is 24.1 Å². The highest BCUT2D eigenvalue weighted by atomic mass is 32.1. The predicted octanol–water partition coefficient (Wildman–Crippen LogP) is 4.84. The molecule has 2 amide bonds. The maximum atomic E-state index is 14.0. The molecule has 4 rings (SSSR count). The number of ketones is 1. The lowest BCUT2D eigenvalue weighted by molar-refractivity contribution is -0.149. The van der Waals surface area contributed by atoms with E-state index in [1.807, 2.05) is 38.1 Å². The van der Waals surface area contributed by atoms with Crippen molar-refractivity contribution >= 4 is 46.2 Å². The van der Waals surface area contributed by atoms with Gasteiger partial charge in [0.1, 0.15) is 10.7 Å². The number of Topliss-reactive ketones (excluding diaryl/α,β-unsaturated/α-hetero) is 1. The molecule has 0 spiro atoms. The third-order valence-electron chi connectivity index (χ3n) is 9.15. The van der Waals surface area contributed by atoms with Crippen LogP contribution in [-0.4, -0.2) is 95.3 Å². The molecule has 2 aliphatic rings. The third kappa shape index (κ3) is 9.90. The summed E-state index contributed by atoms with van der Waals surface area (Å²) in [5.41, 5.74) is 0.532. The van der Waals surface area contributed by atoms with Gasteiger partial charge in [-0.2, -0.15) is 0 Å². The van der Waals surface area contributed by atoms with Gasteiger partial charge in [0.2, 0.25) is 5.91 Å². The summed E-state index contributed by atoms with van der Waals surface area (Å²) in [5.74, 6) is -0.362. The largest absolute Gasteiger partial charge is 0.455 e. The highest BCUT2D eigenvalue weighted by Crippen LogP contribution is 2.51. The number of carbonyl (C=O) groups is 4. The Kier molecular flexibility index (Phi) is 12.7. The van der Waals surface area contributed by atoms with Gasteiger partial charge >= 0.3 is 5.97 Å². The van der Waals surface area contributed by atoms with E-state index in [4.69, 9.17) is 9.47 Å². The minimum absolute atomic E-state index is 0.0282. The number of aromatic nitrogens is 2. The Hall–Kier alpha value is -2.74.